The molecule has 8 heteroatoms. The SMILES string of the molecule is COc1cc(/C=C(/C#N)c2cccc([N+](=O)[O-])c2)cc(I)c1OCc1ccc(I)cc1. The molecule has 0 saturated carbocycles. The van der Waals surface area contributed by atoms with Crippen LogP contribution >= 0.6 is 45.2 Å². The molecule has 0 N–H and O–H groups in total. The van der Waals surface area contributed by atoms with E-state index < -0.39 is 4.92 Å². The second-order valence-electron chi connectivity index (χ2n) is 6.43. The van der Waals surface area contributed by atoms with Crippen LogP contribution in [0.1, 0.15) is 16.7 Å². The van der Waals surface area contributed by atoms with Gasteiger partial charge in [-0.2, -0.15) is 5.26 Å². The maximum absolute atomic E-state index is 11.0. The van der Waals surface area contributed by atoms with Gasteiger partial charge in [-0.15, -0.1) is 0 Å². The summed E-state index contributed by atoms with van der Waals surface area (Å²) < 4.78 is 13.5. The van der Waals surface area contributed by atoms with Crippen LogP contribution in [0.3, 0.4) is 0 Å². The van der Waals surface area contributed by atoms with E-state index in [1.807, 2.05) is 30.3 Å². The maximum atomic E-state index is 11.0. The van der Waals surface area contributed by atoms with Gasteiger partial charge in [0.15, 0.2) is 11.5 Å². The van der Waals surface area contributed by atoms with E-state index in [0.29, 0.717) is 29.2 Å². The summed E-state index contributed by atoms with van der Waals surface area (Å²) in [5.74, 6) is 1.16. The minimum absolute atomic E-state index is 0.0647. The van der Waals surface area contributed by atoms with Gasteiger partial charge in [0, 0.05) is 15.7 Å². The smallest absolute Gasteiger partial charge is 0.270 e. The molecule has 3 rings (SSSR count). The lowest BCUT2D eigenvalue weighted by atomic mass is 10.0. The monoisotopic (exact) mass is 638 g/mol. The zero-order chi connectivity index (χ0) is 22.4. The van der Waals surface area contributed by atoms with Crippen molar-refractivity contribution in [1.29, 1.82) is 5.26 Å². The van der Waals surface area contributed by atoms with E-state index in [1.165, 1.54) is 12.1 Å². The van der Waals surface area contributed by atoms with E-state index in [2.05, 4.69) is 51.3 Å². The third kappa shape index (κ3) is 5.95. The van der Waals surface area contributed by atoms with E-state index in [-0.39, 0.29) is 5.69 Å². The predicted octanol–water partition coefficient (Wildman–Crippen LogP) is 6.46. The van der Waals surface area contributed by atoms with Gasteiger partial charge in [0.05, 0.1) is 27.2 Å². The number of hydrogen-bond acceptors (Lipinski definition) is 5. The average Bonchev–Trinajstić information content (AvgIpc) is 2.77. The minimum Gasteiger partial charge on any atom is -0.493 e. The highest BCUT2D eigenvalue weighted by molar-refractivity contribution is 14.1. The topological polar surface area (TPSA) is 85.4 Å². The summed E-state index contributed by atoms with van der Waals surface area (Å²) in [6.07, 6.45) is 1.67. The predicted molar refractivity (Wildman–Crippen MR) is 136 cm³/mol. The summed E-state index contributed by atoms with van der Waals surface area (Å²) in [4.78, 5) is 10.6. The average molecular weight is 638 g/mol. The third-order valence-electron chi connectivity index (χ3n) is 4.35. The van der Waals surface area contributed by atoms with Crippen LogP contribution in [-0.4, -0.2) is 12.0 Å². The fourth-order valence-electron chi connectivity index (χ4n) is 2.83. The second kappa shape index (κ2) is 10.6. The first-order valence-corrected chi connectivity index (χ1v) is 11.2. The van der Waals surface area contributed by atoms with E-state index in [0.717, 1.165) is 18.3 Å². The molecular weight excluding hydrogens is 622 g/mol. The zero-order valence-corrected chi connectivity index (χ0v) is 20.7. The lowest BCUT2D eigenvalue weighted by Gasteiger charge is -2.14. The number of hydrogen-bond donors (Lipinski definition) is 0. The van der Waals surface area contributed by atoms with Gasteiger partial charge in [-0.3, -0.25) is 10.1 Å². The number of nitrogens with zero attached hydrogens (tertiary/aromatic N) is 2. The van der Waals surface area contributed by atoms with Gasteiger partial charge in [-0.05, 0) is 92.2 Å². The van der Waals surface area contributed by atoms with Crippen LogP contribution in [0.15, 0.2) is 60.7 Å². The Morgan fingerprint density at radius 2 is 1.90 bits per heavy atom. The molecule has 0 aromatic heterocycles. The Kier molecular flexibility index (Phi) is 7.86. The molecule has 0 atom stereocenters. The van der Waals surface area contributed by atoms with Gasteiger partial charge in [-0.25, -0.2) is 0 Å². The normalized spacial score (nSPS) is 11.0. The largest absolute Gasteiger partial charge is 0.493 e. The molecule has 156 valence electrons. The Labute approximate surface area is 206 Å². The molecule has 3 aromatic rings. The molecule has 0 aliphatic carbocycles. The molecule has 0 saturated heterocycles. The lowest BCUT2D eigenvalue weighted by Crippen LogP contribution is -2.00. The van der Waals surface area contributed by atoms with Crippen molar-refractivity contribution in [3.63, 3.8) is 0 Å². The second-order valence-corrected chi connectivity index (χ2v) is 8.83. The molecule has 6 nitrogen and oxygen atoms in total. The van der Waals surface area contributed by atoms with Crippen LogP contribution in [0.2, 0.25) is 0 Å². The van der Waals surface area contributed by atoms with Gasteiger partial charge >= 0.3 is 0 Å². The number of halogens is 2. The zero-order valence-electron chi connectivity index (χ0n) is 16.3. The number of ether oxygens (including phenoxy) is 2. The fraction of sp³-hybridized carbons (Fsp3) is 0.0870. The van der Waals surface area contributed by atoms with Crippen molar-refractivity contribution in [2.75, 3.05) is 7.11 Å². The minimum atomic E-state index is -0.482. The highest BCUT2D eigenvalue weighted by Crippen LogP contribution is 2.36. The number of nitro benzene ring substituents is 1. The Morgan fingerprint density at radius 1 is 1.16 bits per heavy atom. The van der Waals surface area contributed by atoms with E-state index in [4.69, 9.17) is 9.47 Å². The summed E-state index contributed by atoms with van der Waals surface area (Å²) in [5.41, 5.74) is 2.49. The number of methoxy groups -OCH3 is 1. The molecule has 0 aliphatic heterocycles. The molecule has 0 amide bonds. The Balaban J connectivity index is 1.90. The standard InChI is InChI=1S/C23H16I2N2O4/c1-30-22-11-16(9-18(13-26)17-3-2-4-20(12-17)27(28)29)10-21(25)23(22)31-14-15-5-7-19(24)8-6-15/h2-12H,14H2,1H3/b18-9-. The van der Waals surface area contributed by atoms with Gasteiger partial charge < -0.3 is 9.47 Å². The van der Waals surface area contributed by atoms with E-state index in [1.54, 1.807) is 31.4 Å². The molecule has 0 heterocycles. The molecule has 0 aliphatic rings. The number of nitro groups is 1. The number of nitriles is 1. The fourth-order valence-corrected chi connectivity index (χ4v) is 3.97. The van der Waals surface area contributed by atoms with Crippen molar-refractivity contribution < 1.29 is 14.4 Å². The molecule has 0 bridgehead atoms. The summed E-state index contributed by atoms with van der Waals surface area (Å²) in [6, 6.07) is 19.8. The van der Waals surface area contributed by atoms with Crippen LogP contribution in [0.5, 0.6) is 11.5 Å². The van der Waals surface area contributed by atoms with Crippen molar-refractivity contribution in [3.05, 3.63) is 94.6 Å². The molecule has 0 radical (unpaired) electrons. The third-order valence-corrected chi connectivity index (χ3v) is 5.87. The van der Waals surface area contributed by atoms with Crippen LogP contribution in [0.25, 0.3) is 11.6 Å². The molecular formula is C23H16I2N2O4. The molecule has 3 aromatic carbocycles. The van der Waals surface area contributed by atoms with E-state index in [9.17, 15) is 15.4 Å². The number of non-ortho nitro benzene ring substituents is 1. The van der Waals surface area contributed by atoms with Crippen molar-refractivity contribution >= 4 is 62.5 Å². The Morgan fingerprint density at radius 3 is 2.55 bits per heavy atom. The lowest BCUT2D eigenvalue weighted by molar-refractivity contribution is -0.384. The summed E-state index contributed by atoms with van der Waals surface area (Å²) in [6.45, 7) is 0.398. The van der Waals surface area contributed by atoms with Gasteiger partial charge in [-0.1, -0.05) is 24.3 Å². The van der Waals surface area contributed by atoms with Gasteiger partial charge in [0.25, 0.3) is 5.69 Å². The van der Waals surface area contributed by atoms with Crippen molar-refractivity contribution in [3.8, 4) is 17.6 Å². The van der Waals surface area contributed by atoms with Crippen LogP contribution in [0.4, 0.5) is 5.69 Å². The summed E-state index contributed by atoms with van der Waals surface area (Å²) in [7, 11) is 1.56. The molecule has 0 unspecified atom stereocenters. The first kappa shape index (κ1) is 23.0. The van der Waals surface area contributed by atoms with Gasteiger partial charge in [0.2, 0.25) is 0 Å². The van der Waals surface area contributed by atoms with Crippen molar-refractivity contribution in [2.24, 2.45) is 0 Å². The molecule has 0 spiro atoms. The maximum Gasteiger partial charge on any atom is 0.270 e. The van der Waals surface area contributed by atoms with Crippen LogP contribution in [-0.2, 0) is 6.61 Å². The number of benzene rings is 3. The first-order valence-electron chi connectivity index (χ1n) is 9.02. The molecule has 31 heavy (non-hydrogen) atoms. The van der Waals surface area contributed by atoms with E-state index >= 15 is 0 Å². The number of rotatable bonds is 7. The molecule has 0 fully saturated rings. The number of allylic oxidation sites excluding steroid dienone is 1. The quantitative estimate of drug-likeness (QED) is 0.0977. The summed E-state index contributed by atoms with van der Waals surface area (Å²) >= 11 is 4.42. The highest BCUT2D eigenvalue weighted by Gasteiger charge is 2.13. The highest BCUT2D eigenvalue weighted by atomic mass is 127. The Bertz CT molecular complexity index is 1190. The van der Waals surface area contributed by atoms with Crippen LogP contribution in [0, 0.1) is 28.6 Å². The first-order chi connectivity index (χ1) is 14.9. The van der Waals surface area contributed by atoms with Crippen molar-refractivity contribution in [1.82, 2.24) is 0 Å². The van der Waals surface area contributed by atoms with Crippen molar-refractivity contribution in [2.45, 2.75) is 6.61 Å². The Hall–Kier alpha value is -2.65. The van der Waals surface area contributed by atoms with Crippen LogP contribution < -0.4 is 9.47 Å². The van der Waals surface area contributed by atoms with Gasteiger partial charge in [0.1, 0.15) is 6.61 Å². The summed E-state index contributed by atoms with van der Waals surface area (Å²) in [5, 5.41) is 20.6.